The summed E-state index contributed by atoms with van der Waals surface area (Å²) in [6.45, 7) is 0. The number of nitrogens with one attached hydrogen (secondary N) is 1. The van der Waals surface area contributed by atoms with E-state index in [1.807, 2.05) is 18.2 Å². The van der Waals surface area contributed by atoms with Gasteiger partial charge in [-0.15, -0.1) is 0 Å². The number of hydrazone groups is 1. The van der Waals surface area contributed by atoms with Gasteiger partial charge in [0.15, 0.2) is 0 Å². The van der Waals surface area contributed by atoms with E-state index in [9.17, 15) is 4.79 Å². The fourth-order valence-electron chi connectivity index (χ4n) is 2.70. The maximum Gasteiger partial charge on any atom is 0.271 e. The lowest BCUT2D eigenvalue weighted by molar-refractivity contribution is 0.0955. The molecule has 0 heterocycles. The summed E-state index contributed by atoms with van der Waals surface area (Å²) in [4.78, 5) is 12.1. The first-order valence-electron chi connectivity index (χ1n) is 7.57. The van der Waals surface area contributed by atoms with Gasteiger partial charge in [0.2, 0.25) is 0 Å². The van der Waals surface area contributed by atoms with Crippen LogP contribution in [-0.2, 0) is 6.42 Å². The average molecular weight is 309 g/mol. The summed E-state index contributed by atoms with van der Waals surface area (Å²) in [5, 5.41) is 4.32. The van der Waals surface area contributed by atoms with Crippen LogP contribution < -0.4 is 15.9 Å². The molecular weight excluding hydrogens is 290 g/mol. The number of carbonyl (C=O) groups excluding carboxylic acids is 1. The molecule has 23 heavy (non-hydrogen) atoms. The SMILES string of the molecule is COc1ccc2c(c1)CCC/C2=N\NC(=O)c1ccc(N)cc1. The molecule has 1 amide bonds. The summed E-state index contributed by atoms with van der Waals surface area (Å²) in [6, 6.07) is 12.7. The van der Waals surface area contributed by atoms with Gasteiger partial charge >= 0.3 is 0 Å². The van der Waals surface area contributed by atoms with E-state index >= 15 is 0 Å². The second kappa shape index (κ2) is 6.52. The molecule has 1 aliphatic rings. The monoisotopic (exact) mass is 309 g/mol. The molecule has 0 saturated carbocycles. The molecule has 0 aliphatic heterocycles. The van der Waals surface area contributed by atoms with Crippen molar-refractivity contribution in [3.05, 3.63) is 59.2 Å². The number of rotatable bonds is 3. The van der Waals surface area contributed by atoms with E-state index < -0.39 is 0 Å². The number of nitrogens with zero attached hydrogens (tertiary/aromatic N) is 1. The Morgan fingerprint density at radius 3 is 2.70 bits per heavy atom. The van der Waals surface area contributed by atoms with Crippen LogP contribution >= 0.6 is 0 Å². The van der Waals surface area contributed by atoms with Crippen LogP contribution in [0.5, 0.6) is 5.75 Å². The smallest absolute Gasteiger partial charge is 0.271 e. The van der Waals surface area contributed by atoms with Crippen LogP contribution in [0, 0.1) is 0 Å². The third kappa shape index (κ3) is 3.34. The Kier molecular flexibility index (Phi) is 4.28. The Morgan fingerprint density at radius 1 is 1.17 bits per heavy atom. The molecular formula is C18H19N3O2. The molecule has 3 N–H and O–H groups in total. The molecule has 1 aliphatic carbocycles. The maximum atomic E-state index is 12.1. The third-order valence-corrected chi connectivity index (χ3v) is 3.95. The highest BCUT2D eigenvalue weighted by Gasteiger charge is 2.16. The number of amides is 1. The van der Waals surface area contributed by atoms with Crippen LogP contribution in [0.1, 0.15) is 34.3 Å². The minimum atomic E-state index is -0.238. The fourth-order valence-corrected chi connectivity index (χ4v) is 2.70. The summed E-state index contributed by atoms with van der Waals surface area (Å²) in [6.07, 6.45) is 2.86. The molecule has 5 nitrogen and oxygen atoms in total. The summed E-state index contributed by atoms with van der Waals surface area (Å²) >= 11 is 0. The molecule has 0 bridgehead atoms. The standard InChI is InChI=1S/C18H19N3O2/c1-23-15-9-10-16-13(11-15)3-2-4-17(16)20-21-18(22)12-5-7-14(19)8-6-12/h5-11H,2-4,19H2,1H3,(H,21,22)/b20-17+. The van der Waals surface area contributed by atoms with Crippen LogP contribution in [-0.4, -0.2) is 18.7 Å². The van der Waals surface area contributed by atoms with Crippen molar-refractivity contribution in [2.75, 3.05) is 12.8 Å². The molecule has 118 valence electrons. The van der Waals surface area contributed by atoms with Crippen LogP contribution in [0.3, 0.4) is 0 Å². The van der Waals surface area contributed by atoms with Gasteiger partial charge < -0.3 is 10.5 Å². The zero-order valence-electron chi connectivity index (χ0n) is 13.0. The lowest BCUT2D eigenvalue weighted by Crippen LogP contribution is -2.22. The minimum absolute atomic E-state index is 0.238. The number of methoxy groups -OCH3 is 1. The molecule has 5 heteroatoms. The quantitative estimate of drug-likeness (QED) is 0.676. The van der Waals surface area contributed by atoms with Gasteiger partial charge in [-0.05, 0) is 67.3 Å². The van der Waals surface area contributed by atoms with Gasteiger partial charge in [0.25, 0.3) is 5.91 Å². The summed E-state index contributed by atoms with van der Waals surface area (Å²) < 4.78 is 5.26. The van der Waals surface area contributed by atoms with Crippen LogP contribution in [0.2, 0.25) is 0 Å². The van der Waals surface area contributed by atoms with Crippen molar-refractivity contribution in [1.82, 2.24) is 5.43 Å². The van der Waals surface area contributed by atoms with Gasteiger partial charge in [0, 0.05) is 16.8 Å². The number of nitrogen functional groups attached to an aromatic ring is 1. The highest BCUT2D eigenvalue weighted by atomic mass is 16.5. The number of aryl methyl sites for hydroxylation is 1. The Hall–Kier alpha value is -2.82. The van der Waals surface area contributed by atoms with Crippen molar-refractivity contribution < 1.29 is 9.53 Å². The zero-order chi connectivity index (χ0) is 16.2. The van der Waals surface area contributed by atoms with E-state index in [-0.39, 0.29) is 5.91 Å². The van der Waals surface area contributed by atoms with Gasteiger partial charge in [0.1, 0.15) is 5.75 Å². The van der Waals surface area contributed by atoms with Gasteiger partial charge in [0.05, 0.1) is 12.8 Å². The molecule has 0 atom stereocenters. The predicted molar refractivity (Wildman–Crippen MR) is 90.8 cm³/mol. The number of anilines is 1. The number of benzene rings is 2. The van der Waals surface area contributed by atoms with E-state index in [0.29, 0.717) is 11.3 Å². The van der Waals surface area contributed by atoms with E-state index in [4.69, 9.17) is 10.5 Å². The lowest BCUT2D eigenvalue weighted by atomic mass is 9.90. The average Bonchev–Trinajstić information content (AvgIpc) is 2.59. The Morgan fingerprint density at radius 2 is 1.96 bits per heavy atom. The number of nitrogens with two attached hydrogens (primary N) is 1. The normalized spacial score (nSPS) is 15.1. The number of fused-ring (bicyclic) bond motifs is 1. The van der Waals surface area contributed by atoms with E-state index in [2.05, 4.69) is 10.5 Å². The molecule has 0 fully saturated rings. The van der Waals surface area contributed by atoms with Crippen molar-refractivity contribution in [3.63, 3.8) is 0 Å². The molecule has 3 rings (SSSR count). The number of hydrogen-bond donors (Lipinski definition) is 2. The Bertz CT molecular complexity index is 751. The lowest BCUT2D eigenvalue weighted by Gasteiger charge is -2.18. The molecule has 2 aromatic rings. The van der Waals surface area contributed by atoms with Crippen LogP contribution in [0.25, 0.3) is 0 Å². The van der Waals surface area contributed by atoms with Crippen molar-refractivity contribution in [1.29, 1.82) is 0 Å². The first kappa shape index (κ1) is 15.1. The molecule has 0 radical (unpaired) electrons. The van der Waals surface area contributed by atoms with Crippen LogP contribution in [0.15, 0.2) is 47.6 Å². The highest BCUT2D eigenvalue weighted by molar-refractivity contribution is 6.04. The number of carbonyl (C=O) groups is 1. The second-order valence-corrected chi connectivity index (χ2v) is 5.50. The summed E-state index contributed by atoms with van der Waals surface area (Å²) in [7, 11) is 1.66. The third-order valence-electron chi connectivity index (χ3n) is 3.95. The first-order chi connectivity index (χ1) is 11.2. The molecule has 0 unspecified atom stereocenters. The number of hydrogen-bond acceptors (Lipinski definition) is 4. The Balaban J connectivity index is 1.79. The fraction of sp³-hybridized carbons (Fsp3) is 0.222. The van der Waals surface area contributed by atoms with E-state index in [1.165, 1.54) is 5.56 Å². The summed E-state index contributed by atoms with van der Waals surface area (Å²) in [5.41, 5.74) is 12.6. The molecule has 0 spiro atoms. The molecule has 0 aromatic heterocycles. The minimum Gasteiger partial charge on any atom is -0.497 e. The second-order valence-electron chi connectivity index (χ2n) is 5.50. The van der Waals surface area contributed by atoms with E-state index in [1.54, 1.807) is 31.4 Å². The van der Waals surface area contributed by atoms with Gasteiger partial charge in [-0.1, -0.05) is 0 Å². The first-order valence-corrected chi connectivity index (χ1v) is 7.57. The van der Waals surface area contributed by atoms with Gasteiger partial charge in [-0.3, -0.25) is 4.79 Å². The maximum absolute atomic E-state index is 12.1. The van der Waals surface area contributed by atoms with Gasteiger partial charge in [-0.2, -0.15) is 5.10 Å². The topological polar surface area (TPSA) is 76.7 Å². The van der Waals surface area contributed by atoms with Crippen LogP contribution in [0.4, 0.5) is 5.69 Å². The molecule has 0 saturated heterocycles. The van der Waals surface area contributed by atoms with Crippen molar-refractivity contribution >= 4 is 17.3 Å². The van der Waals surface area contributed by atoms with Crippen molar-refractivity contribution in [2.24, 2.45) is 5.10 Å². The Labute approximate surface area is 135 Å². The van der Waals surface area contributed by atoms with Crippen molar-refractivity contribution in [2.45, 2.75) is 19.3 Å². The van der Waals surface area contributed by atoms with Gasteiger partial charge in [-0.25, -0.2) is 5.43 Å². The highest BCUT2D eigenvalue weighted by Crippen LogP contribution is 2.25. The molecule has 2 aromatic carbocycles. The zero-order valence-corrected chi connectivity index (χ0v) is 13.0. The largest absolute Gasteiger partial charge is 0.497 e. The summed E-state index contributed by atoms with van der Waals surface area (Å²) in [5.74, 6) is 0.606. The van der Waals surface area contributed by atoms with Crippen molar-refractivity contribution in [3.8, 4) is 5.75 Å². The number of ether oxygens (including phenoxy) is 1. The predicted octanol–water partition coefficient (Wildman–Crippen LogP) is 2.75. The van der Waals surface area contributed by atoms with E-state index in [0.717, 1.165) is 36.3 Å².